The van der Waals surface area contributed by atoms with Gasteiger partial charge < -0.3 is 18.0 Å². The van der Waals surface area contributed by atoms with Crippen LogP contribution >= 0.6 is 0 Å². The first-order chi connectivity index (χ1) is 35.6. The lowest BCUT2D eigenvalue weighted by atomic mass is 9.98. The molecule has 0 spiro atoms. The number of para-hydroxylation sites is 5. The molecule has 0 aliphatic carbocycles. The van der Waals surface area contributed by atoms with Crippen molar-refractivity contribution in [3.05, 3.63) is 247 Å². The van der Waals surface area contributed by atoms with E-state index in [4.69, 9.17) is 18.8 Å². The highest BCUT2D eigenvalue weighted by atomic mass is 16.3. The van der Waals surface area contributed by atoms with Gasteiger partial charge in [-0.05, 0) is 120 Å². The lowest BCUT2D eigenvalue weighted by Crippen LogP contribution is -2.07. The third-order valence-corrected chi connectivity index (χ3v) is 14.7. The standard InChI is InChI=1S/C66H42N4O2/c1-40-35-55(43-15-13-18-46(36-43)70-56-24-9-5-19-47(56)48-20-6-10-25-57(48)70)67-66(68-65(40)44-29-32-51-50-22-8-12-27-60(50)72-63(51)39-44)52-23-14-28-62-64(52)54-38-42(31-34-61(54)71-62)41-30-33-59-53(37-41)49-21-7-11-26-58(49)69(59)45-16-3-2-4-17-45/h2-34,36-39H,35H2,1H3. The average molecular weight is 923 g/mol. The Morgan fingerprint density at radius 3 is 1.69 bits per heavy atom. The van der Waals surface area contributed by atoms with Gasteiger partial charge in [0, 0.05) is 72.0 Å². The minimum atomic E-state index is 0.590. The zero-order valence-electron chi connectivity index (χ0n) is 39.2. The van der Waals surface area contributed by atoms with E-state index in [-0.39, 0.29) is 0 Å². The first-order valence-electron chi connectivity index (χ1n) is 24.5. The van der Waals surface area contributed by atoms with E-state index in [1.165, 1.54) is 32.6 Å². The number of benzene rings is 10. The van der Waals surface area contributed by atoms with Crippen molar-refractivity contribution in [3.8, 4) is 22.5 Å². The molecular weight excluding hydrogens is 881 g/mol. The summed E-state index contributed by atoms with van der Waals surface area (Å²) < 4.78 is 17.9. The van der Waals surface area contributed by atoms with Crippen LogP contribution in [0.25, 0.3) is 116 Å². The third-order valence-electron chi connectivity index (χ3n) is 14.7. The Kier molecular flexibility index (Phi) is 8.83. The number of aromatic nitrogens is 2. The van der Waals surface area contributed by atoms with Gasteiger partial charge >= 0.3 is 0 Å². The fourth-order valence-corrected chi connectivity index (χ4v) is 11.4. The number of amidine groups is 1. The second kappa shape index (κ2) is 15.8. The molecule has 6 nitrogen and oxygen atoms in total. The van der Waals surface area contributed by atoms with Crippen LogP contribution in [-0.2, 0) is 0 Å². The van der Waals surface area contributed by atoms with Gasteiger partial charge in [-0.15, -0.1) is 0 Å². The summed E-state index contributed by atoms with van der Waals surface area (Å²) in [5, 5.41) is 9.04. The highest BCUT2D eigenvalue weighted by Crippen LogP contribution is 2.41. The highest BCUT2D eigenvalue weighted by molar-refractivity contribution is 6.24. The molecule has 5 heterocycles. The van der Waals surface area contributed by atoms with Crippen LogP contribution in [0.4, 0.5) is 0 Å². The van der Waals surface area contributed by atoms with Crippen LogP contribution in [0.1, 0.15) is 30.0 Å². The molecule has 6 heteroatoms. The molecule has 338 valence electrons. The molecule has 0 fully saturated rings. The Bertz CT molecular complexity index is 4620. The Morgan fingerprint density at radius 2 is 0.917 bits per heavy atom. The molecule has 0 saturated heterocycles. The van der Waals surface area contributed by atoms with Crippen molar-refractivity contribution in [2.45, 2.75) is 13.3 Å². The summed E-state index contributed by atoms with van der Waals surface area (Å²) in [6.45, 7) is 2.19. The van der Waals surface area contributed by atoms with Crippen molar-refractivity contribution >= 4 is 105 Å². The summed E-state index contributed by atoms with van der Waals surface area (Å²) in [5.41, 5.74) is 18.2. The summed E-state index contributed by atoms with van der Waals surface area (Å²) in [4.78, 5) is 11.3. The van der Waals surface area contributed by atoms with Crippen LogP contribution in [0.2, 0.25) is 0 Å². The van der Waals surface area contributed by atoms with Gasteiger partial charge in [0.25, 0.3) is 0 Å². The molecule has 0 saturated carbocycles. The maximum atomic E-state index is 6.70. The monoisotopic (exact) mass is 922 g/mol. The molecule has 10 aromatic carbocycles. The quantitative estimate of drug-likeness (QED) is 0.167. The van der Waals surface area contributed by atoms with Crippen LogP contribution in [0.15, 0.2) is 249 Å². The predicted molar refractivity (Wildman–Crippen MR) is 298 cm³/mol. The molecular formula is C66H42N4O2. The van der Waals surface area contributed by atoms with E-state index in [9.17, 15) is 0 Å². The van der Waals surface area contributed by atoms with Gasteiger partial charge in [0.2, 0.25) is 0 Å². The molecule has 0 bridgehead atoms. The number of hydrogen-bond donors (Lipinski definition) is 0. The van der Waals surface area contributed by atoms with E-state index in [2.05, 4.69) is 228 Å². The maximum Gasteiger partial charge on any atom is 0.160 e. The summed E-state index contributed by atoms with van der Waals surface area (Å²) in [5.74, 6) is 0.623. The van der Waals surface area contributed by atoms with Gasteiger partial charge in [-0.25, -0.2) is 9.98 Å². The van der Waals surface area contributed by atoms with Gasteiger partial charge in [-0.2, -0.15) is 0 Å². The molecule has 72 heavy (non-hydrogen) atoms. The topological polar surface area (TPSA) is 60.9 Å². The Morgan fingerprint density at radius 1 is 0.361 bits per heavy atom. The number of nitrogens with zero attached hydrogens (tertiary/aromatic N) is 4. The lowest BCUT2D eigenvalue weighted by molar-refractivity contribution is 0.668. The number of fused-ring (bicyclic) bond motifs is 12. The molecule has 0 N–H and O–H groups in total. The molecule has 0 amide bonds. The second-order valence-corrected chi connectivity index (χ2v) is 18.9. The molecule has 1 aliphatic rings. The number of allylic oxidation sites excluding steroid dienone is 1. The van der Waals surface area contributed by atoms with Crippen molar-refractivity contribution in [1.82, 2.24) is 9.13 Å². The largest absolute Gasteiger partial charge is 0.456 e. The van der Waals surface area contributed by atoms with E-state index in [0.29, 0.717) is 12.3 Å². The molecule has 0 atom stereocenters. The van der Waals surface area contributed by atoms with Gasteiger partial charge in [0.15, 0.2) is 5.84 Å². The smallest absolute Gasteiger partial charge is 0.160 e. The van der Waals surface area contributed by atoms with Gasteiger partial charge in [0.1, 0.15) is 22.3 Å². The molecule has 4 aromatic heterocycles. The van der Waals surface area contributed by atoms with Crippen LogP contribution < -0.4 is 0 Å². The minimum Gasteiger partial charge on any atom is -0.456 e. The molecule has 0 unspecified atom stereocenters. The SMILES string of the molecule is CC1=C(c2ccc3c(c2)oc2ccccc23)N=C(c2cccc3oc4ccc(-c5ccc6c(c5)c5ccccc5n6-c5ccccc5)cc4c23)N=C(c2cccc(-n3c4ccccc4c4ccccc43)c2)C1. The van der Waals surface area contributed by atoms with E-state index >= 15 is 0 Å². The van der Waals surface area contributed by atoms with Crippen molar-refractivity contribution in [2.75, 3.05) is 0 Å². The fraction of sp³-hybridized carbons (Fsp3) is 0.0303. The van der Waals surface area contributed by atoms with Crippen LogP contribution in [0, 0.1) is 0 Å². The van der Waals surface area contributed by atoms with Crippen LogP contribution in [0.5, 0.6) is 0 Å². The number of rotatable bonds is 6. The lowest BCUT2D eigenvalue weighted by Gasteiger charge is -2.12. The normalized spacial score (nSPS) is 13.4. The Hall–Kier alpha value is -9.52. The number of aliphatic imine (C=N–C) groups is 2. The third kappa shape index (κ3) is 6.22. The van der Waals surface area contributed by atoms with E-state index in [0.717, 1.165) is 111 Å². The van der Waals surface area contributed by atoms with Crippen molar-refractivity contribution in [3.63, 3.8) is 0 Å². The van der Waals surface area contributed by atoms with Crippen LogP contribution in [0.3, 0.4) is 0 Å². The summed E-state index contributed by atoms with van der Waals surface area (Å²) in [7, 11) is 0. The predicted octanol–water partition coefficient (Wildman–Crippen LogP) is 17.4. The highest BCUT2D eigenvalue weighted by Gasteiger charge is 2.23. The maximum absolute atomic E-state index is 6.70. The second-order valence-electron chi connectivity index (χ2n) is 18.9. The Labute approximate surface area is 413 Å². The summed E-state index contributed by atoms with van der Waals surface area (Å²) in [6, 6.07) is 79.7. The summed E-state index contributed by atoms with van der Waals surface area (Å²) in [6.07, 6.45) is 0.590. The molecule has 0 radical (unpaired) electrons. The van der Waals surface area contributed by atoms with Crippen molar-refractivity contribution < 1.29 is 8.83 Å². The van der Waals surface area contributed by atoms with Crippen molar-refractivity contribution in [1.29, 1.82) is 0 Å². The van der Waals surface area contributed by atoms with Crippen molar-refractivity contribution in [2.24, 2.45) is 9.98 Å². The number of furan rings is 2. The van der Waals surface area contributed by atoms with Gasteiger partial charge in [0.05, 0.1) is 33.5 Å². The summed E-state index contributed by atoms with van der Waals surface area (Å²) >= 11 is 0. The first-order valence-corrected chi connectivity index (χ1v) is 24.5. The van der Waals surface area contributed by atoms with E-state index in [1.54, 1.807) is 0 Å². The zero-order chi connectivity index (χ0) is 47.4. The molecule has 15 rings (SSSR count). The Balaban J connectivity index is 0.915. The minimum absolute atomic E-state index is 0.590. The molecule has 1 aliphatic heterocycles. The van der Waals surface area contributed by atoms with Crippen LogP contribution in [-0.4, -0.2) is 20.7 Å². The van der Waals surface area contributed by atoms with Gasteiger partial charge in [-0.3, -0.25) is 0 Å². The van der Waals surface area contributed by atoms with E-state index < -0.39 is 0 Å². The van der Waals surface area contributed by atoms with E-state index in [1.807, 2.05) is 12.1 Å². The fourth-order valence-electron chi connectivity index (χ4n) is 11.4. The zero-order valence-corrected chi connectivity index (χ0v) is 39.2. The number of hydrogen-bond acceptors (Lipinski definition) is 4. The van der Waals surface area contributed by atoms with Gasteiger partial charge in [-0.1, -0.05) is 133 Å². The molecule has 14 aromatic rings. The first kappa shape index (κ1) is 40.4. The average Bonchev–Trinajstić information content (AvgIpc) is 4.16.